The van der Waals surface area contributed by atoms with Crippen LogP contribution in [0, 0.1) is 0 Å². The Kier molecular flexibility index (Phi) is 4.61. The van der Waals surface area contributed by atoms with Crippen LogP contribution >= 0.6 is 0 Å². The summed E-state index contributed by atoms with van der Waals surface area (Å²) in [7, 11) is 3.52. The lowest BCUT2D eigenvalue weighted by Gasteiger charge is -2.33. The average Bonchev–Trinajstić information content (AvgIpc) is 2.43. The molecule has 18 heavy (non-hydrogen) atoms. The zero-order valence-electron chi connectivity index (χ0n) is 11.5. The summed E-state index contributed by atoms with van der Waals surface area (Å²) in [6.45, 7) is 3.21. The predicted molar refractivity (Wildman–Crippen MR) is 73.1 cm³/mol. The van der Waals surface area contributed by atoms with Crippen molar-refractivity contribution in [3.8, 4) is 5.75 Å². The van der Waals surface area contributed by atoms with E-state index in [0.717, 1.165) is 31.6 Å². The van der Waals surface area contributed by atoms with Gasteiger partial charge >= 0.3 is 0 Å². The molecule has 0 spiro atoms. The summed E-state index contributed by atoms with van der Waals surface area (Å²) < 4.78 is 10.9. The van der Waals surface area contributed by atoms with Gasteiger partial charge in [0.25, 0.3) is 0 Å². The normalized spacial score (nSPS) is 22.6. The Balaban J connectivity index is 2.26. The van der Waals surface area contributed by atoms with Gasteiger partial charge in [0, 0.05) is 7.11 Å². The highest BCUT2D eigenvalue weighted by molar-refractivity contribution is 5.39. The first-order valence-corrected chi connectivity index (χ1v) is 6.73. The molecule has 2 rings (SSSR count). The zero-order chi connectivity index (χ0) is 13.0. The molecule has 2 atom stereocenters. The van der Waals surface area contributed by atoms with E-state index in [0.29, 0.717) is 6.04 Å². The first kappa shape index (κ1) is 13.4. The molecule has 0 aliphatic heterocycles. The molecule has 0 saturated carbocycles. The molecule has 1 aromatic rings. The maximum absolute atomic E-state index is 5.62. The van der Waals surface area contributed by atoms with Gasteiger partial charge in [-0.25, -0.2) is 0 Å². The highest BCUT2D eigenvalue weighted by Crippen LogP contribution is 2.33. The molecule has 3 nitrogen and oxygen atoms in total. The van der Waals surface area contributed by atoms with Crippen molar-refractivity contribution in [1.82, 2.24) is 5.32 Å². The van der Waals surface area contributed by atoms with Crippen LogP contribution in [0.15, 0.2) is 18.2 Å². The Bertz CT molecular complexity index is 392. The molecule has 0 bridgehead atoms. The average molecular weight is 249 g/mol. The van der Waals surface area contributed by atoms with Crippen LogP contribution in [0.3, 0.4) is 0 Å². The molecule has 2 unspecified atom stereocenters. The van der Waals surface area contributed by atoms with Crippen LogP contribution in [0.2, 0.25) is 0 Å². The largest absolute Gasteiger partial charge is 0.497 e. The molecular weight excluding hydrogens is 226 g/mol. The van der Waals surface area contributed by atoms with Crippen molar-refractivity contribution in [2.24, 2.45) is 0 Å². The van der Waals surface area contributed by atoms with Crippen molar-refractivity contribution in [1.29, 1.82) is 0 Å². The zero-order valence-corrected chi connectivity index (χ0v) is 11.5. The molecular formula is C15H23NO2. The molecule has 0 radical (unpaired) electrons. The quantitative estimate of drug-likeness (QED) is 0.870. The molecule has 100 valence electrons. The summed E-state index contributed by atoms with van der Waals surface area (Å²) in [6.07, 6.45) is 3.55. The van der Waals surface area contributed by atoms with Gasteiger partial charge in [0.1, 0.15) is 5.75 Å². The fraction of sp³-hybridized carbons (Fsp3) is 0.600. The third-order valence-corrected chi connectivity index (χ3v) is 3.67. The van der Waals surface area contributed by atoms with E-state index in [-0.39, 0.29) is 6.10 Å². The van der Waals surface area contributed by atoms with Crippen LogP contribution in [0.25, 0.3) is 0 Å². The Labute approximate surface area is 109 Å². The Hall–Kier alpha value is -1.06. The van der Waals surface area contributed by atoms with E-state index >= 15 is 0 Å². The van der Waals surface area contributed by atoms with E-state index in [1.54, 1.807) is 14.2 Å². The number of fused-ring (bicyclic) bond motifs is 1. The van der Waals surface area contributed by atoms with Gasteiger partial charge < -0.3 is 14.8 Å². The Morgan fingerprint density at radius 2 is 2.17 bits per heavy atom. The molecule has 1 aliphatic rings. The first-order valence-electron chi connectivity index (χ1n) is 6.73. The fourth-order valence-corrected chi connectivity index (χ4v) is 2.69. The number of methoxy groups -OCH3 is 2. The molecule has 1 aliphatic carbocycles. The minimum atomic E-state index is 0.275. The van der Waals surface area contributed by atoms with Gasteiger partial charge in [0.15, 0.2) is 0 Å². The summed E-state index contributed by atoms with van der Waals surface area (Å²) in [5, 5.41) is 3.60. The number of rotatable bonds is 5. The molecule has 0 aromatic heterocycles. The van der Waals surface area contributed by atoms with Crippen molar-refractivity contribution >= 4 is 0 Å². The van der Waals surface area contributed by atoms with Gasteiger partial charge in [-0.05, 0) is 49.1 Å². The SMILES string of the molecule is CCCNC1c2ccc(OC)cc2CCC1OC. The third kappa shape index (κ3) is 2.68. The van der Waals surface area contributed by atoms with Crippen LogP contribution in [-0.2, 0) is 11.2 Å². The van der Waals surface area contributed by atoms with Crippen molar-refractivity contribution in [3.05, 3.63) is 29.3 Å². The minimum absolute atomic E-state index is 0.275. The van der Waals surface area contributed by atoms with Gasteiger partial charge in [-0.3, -0.25) is 0 Å². The maximum atomic E-state index is 5.62. The van der Waals surface area contributed by atoms with Gasteiger partial charge in [0.2, 0.25) is 0 Å². The molecule has 3 heteroatoms. The molecule has 0 amide bonds. The van der Waals surface area contributed by atoms with Crippen LogP contribution in [0.4, 0.5) is 0 Å². The molecule has 0 fully saturated rings. The lowest BCUT2D eigenvalue weighted by atomic mass is 9.85. The Morgan fingerprint density at radius 3 is 2.83 bits per heavy atom. The number of nitrogens with one attached hydrogen (secondary N) is 1. The van der Waals surface area contributed by atoms with Crippen molar-refractivity contribution < 1.29 is 9.47 Å². The maximum Gasteiger partial charge on any atom is 0.119 e. The minimum Gasteiger partial charge on any atom is -0.497 e. The standard InChI is InChI=1S/C15H23NO2/c1-4-9-16-15-13-7-6-12(17-2)10-11(13)5-8-14(15)18-3/h6-7,10,14-16H,4-5,8-9H2,1-3H3. The van der Waals surface area contributed by atoms with Crippen LogP contribution in [0.5, 0.6) is 5.75 Å². The van der Waals surface area contributed by atoms with E-state index in [4.69, 9.17) is 9.47 Å². The molecule has 1 N–H and O–H groups in total. The monoisotopic (exact) mass is 249 g/mol. The van der Waals surface area contributed by atoms with Crippen LogP contribution < -0.4 is 10.1 Å². The van der Waals surface area contributed by atoms with Gasteiger partial charge in [-0.2, -0.15) is 0 Å². The van der Waals surface area contributed by atoms with E-state index in [1.807, 2.05) is 6.07 Å². The number of benzene rings is 1. The number of ether oxygens (including phenoxy) is 2. The summed E-state index contributed by atoms with van der Waals surface area (Å²) in [5.74, 6) is 0.943. The first-order chi connectivity index (χ1) is 8.80. The second-order valence-electron chi connectivity index (χ2n) is 4.81. The highest BCUT2D eigenvalue weighted by atomic mass is 16.5. The molecule has 0 heterocycles. The van der Waals surface area contributed by atoms with E-state index < -0.39 is 0 Å². The second-order valence-corrected chi connectivity index (χ2v) is 4.81. The van der Waals surface area contributed by atoms with Gasteiger partial charge in [-0.1, -0.05) is 13.0 Å². The van der Waals surface area contributed by atoms with Crippen molar-refractivity contribution in [2.75, 3.05) is 20.8 Å². The van der Waals surface area contributed by atoms with Crippen LogP contribution in [0.1, 0.15) is 36.9 Å². The van der Waals surface area contributed by atoms with Crippen LogP contribution in [-0.4, -0.2) is 26.9 Å². The summed E-state index contributed by atoms with van der Waals surface area (Å²) in [6, 6.07) is 6.68. The van der Waals surface area contributed by atoms with Gasteiger partial charge in [0.05, 0.1) is 19.3 Å². The summed E-state index contributed by atoms with van der Waals surface area (Å²) >= 11 is 0. The lowest BCUT2D eigenvalue weighted by Crippen LogP contribution is -2.37. The number of aryl methyl sites for hydroxylation is 1. The van der Waals surface area contributed by atoms with E-state index in [1.165, 1.54) is 11.1 Å². The fourth-order valence-electron chi connectivity index (χ4n) is 2.69. The lowest BCUT2D eigenvalue weighted by molar-refractivity contribution is 0.0556. The Morgan fingerprint density at radius 1 is 1.33 bits per heavy atom. The molecule has 0 saturated heterocycles. The van der Waals surface area contributed by atoms with Crippen molar-refractivity contribution in [3.63, 3.8) is 0 Å². The number of hydrogen-bond acceptors (Lipinski definition) is 3. The predicted octanol–water partition coefficient (Wildman–Crippen LogP) is 2.70. The smallest absolute Gasteiger partial charge is 0.119 e. The van der Waals surface area contributed by atoms with E-state index in [9.17, 15) is 0 Å². The van der Waals surface area contributed by atoms with Crippen molar-refractivity contribution in [2.45, 2.75) is 38.3 Å². The second kappa shape index (κ2) is 6.21. The molecule has 1 aromatic carbocycles. The summed E-state index contributed by atoms with van der Waals surface area (Å²) in [5.41, 5.74) is 2.75. The number of hydrogen-bond donors (Lipinski definition) is 1. The summed E-state index contributed by atoms with van der Waals surface area (Å²) in [4.78, 5) is 0. The highest BCUT2D eigenvalue weighted by Gasteiger charge is 2.29. The third-order valence-electron chi connectivity index (χ3n) is 3.67. The van der Waals surface area contributed by atoms with E-state index in [2.05, 4.69) is 24.4 Å². The van der Waals surface area contributed by atoms with Gasteiger partial charge in [-0.15, -0.1) is 0 Å². The topological polar surface area (TPSA) is 30.5 Å².